The number of ether oxygens (including phenoxy) is 2. The Morgan fingerprint density at radius 1 is 0.556 bits per heavy atom. The van der Waals surface area contributed by atoms with Gasteiger partial charge in [0.1, 0.15) is 6.61 Å². The van der Waals surface area contributed by atoms with Gasteiger partial charge in [0.05, 0.1) is 6.61 Å². The lowest BCUT2D eigenvalue weighted by molar-refractivity contribution is -0.161. The summed E-state index contributed by atoms with van der Waals surface area (Å²) in [6.45, 7) is 3.65. The third-order valence-electron chi connectivity index (χ3n) is 8.03. The molecule has 0 fully saturated rings. The average Bonchev–Trinajstić information content (AvgIpc) is 3.00. The van der Waals surface area contributed by atoms with Gasteiger partial charge in [0.2, 0.25) is 0 Å². The van der Waals surface area contributed by atoms with E-state index in [9.17, 15) is 14.2 Å². The number of unbranched alkanes of at least 4 members (excludes halogenated alkanes) is 22. The molecule has 0 rings (SSSR count). The highest BCUT2D eigenvalue weighted by molar-refractivity contribution is 7.46. The number of carbonyl (C=O) groups excluding carboxylic acids is 2. The zero-order valence-electron chi connectivity index (χ0n) is 29.0. The maximum atomic E-state index is 12.3. The Labute approximate surface area is 276 Å². The molecule has 0 heterocycles. The summed E-state index contributed by atoms with van der Waals surface area (Å²) in [7, 11) is -4.74. The third kappa shape index (κ3) is 35.5. The van der Waals surface area contributed by atoms with E-state index in [1.807, 2.05) is 0 Å². The van der Waals surface area contributed by atoms with Crippen LogP contribution in [0.2, 0.25) is 0 Å². The Morgan fingerprint density at radius 3 is 1.36 bits per heavy atom. The Balaban J connectivity index is 3.92. The number of rotatable bonds is 34. The number of phosphoric acid groups is 1. The van der Waals surface area contributed by atoms with Crippen LogP contribution in [-0.2, 0) is 28.2 Å². The minimum absolute atomic E-state index is 0.215. The summed E-state index contributed by atoms with van der Waals surface area (Å²) in [6.07, 6.45) is 33.6. The predicted octanol–water partition coefficient (Wildman–Crippen LogP) is 10.7. The van der Waals surface area contributed by atoms with Crippen LogP contribution in [0.3, 0.4) is 0 Å². The van der Waals surface area contributed by atoms with Crippen molar-refractivity contribution in [1.82, 2.24) is 0 Å². The molecule has 2 N–H and O–H groups in total. The molecule has 266 valence electrons. The fourth-order valence-electron chi connectivity index (χ4n) is 5.25. The van der Waals surface area contributed by atoms with Crippen molar-refractivity contribution < 1.29 is 37.9 Å². The zero-order chi connectivity index (χ0) is 33.3. The molecule has 0 radical (unpaired) electrons. The third-order valence-corrected chi connectivity index (χ3v) is 8.52. The topological polar surface area (TPSA) is 119 Å². The molecule has 0 aromatic carbocycles. The summed E-state index contributed by atoms with van der Waals surface area (Å²) in [5, 5.41) is 0. The second-order valence-electron chi connectivity index (χ2n) is 12.6. The Kier molecular flexibility index (Phi) is 31.8. The maximum absolute atomic E-state index is 12.3. The van der Waals surface area contributed by atoms with Gasteiger partial charge in [-0.05, 0) is 38.5 Å². The van der Waals surface area contributed by atoms with E-state index in [0.717, 1.165) is 51.4 Å². The highest BCUT2D eigenvalue weighted by Gasteiger charge is 2.22. The van der Waals surface area contributed by atoms with Gasteiger partial charge in [0.15, 0.2) is 6.10 Å². The summed E-state index contributed by atoms with van der Waals surface area (Å²) < 4.78 is 26.2. The fraction of sp³-hybridized carbons (Fsp3) is 0.889. The monoisotopic (exact) mass is 660 g/mol. The van der Waals surface area contributed by atoms with Gasteiger partial charge in [-0.3, -0.25) is 14.1 Å². The Morgan fingerprint density at radius 2 is 0.933 bits per heavy atom. The minimum Gasteiger partial charge on any atom is -0.462 e. The normalized spacial score (nSPS) is 12.5. The number of hydrogen-bond acceptors (Lipinski definition) is 6. The summed E-state index contributed by atoms with van der Waals surface area (Å²) in [6, 6.07) is 0. The van der Waals surface area contributed by atoms with Crippen molar-refractivity contribution in [2.45, 2.75) is 193 Å². The van der Waals surface area contributed by atoms with E-state index >= 15 is 0 Å². The summed E-state index contributed by atoms with van der Waals surface area (Å²) >= 11 is 0. The molecule has 0 saturated heterocycles. The largest absolute Gasteiger partial charge is 0.469 e. The van der Waals surface area contributed by atoms with Crippen LogP contribution < -0.4 is 0 Å². The van der Waals surface area contributed by atoms with Gasteiger partial charge in [-0.25, -0.2) is 4.57 Å². The van der Waals surface area contributed by atoms with Crippen LogP contribution in [0.4, 0.5) is 0 Å². The van der Waals surface area contributed by atoms with Gasteiger partial charge < -0.3 is 19.3 Å². The van der Waals surface area contributed by atoms with E-state index in [4.69, 9.17) is 19.3 Å². The van der Waals surface area contributed by atoms with Gasteiger partial charge in [0, 0.05) is 12.8 Å². The quantitative estimate of drug-likeness (QED) is 0.0303. The summed E-state index contributed by atoms with van der Waals surface area (Å²) in [4.78, 5) is 42.6. The molecule has 1 atom stereocenters. The summed E-state index contributed by atoms with van der Waals surface area (Å²) in [5.74, 6) is -0.885. The Bertz CT molecular complexity index is 751. The molecule has 0 aromatic rings. The van der Waals surface area contributed by atoms with Crippen molar-refractivity contribution in [3.63, 3.8) is 0 Å². The molecule has 8 nitrogen and oxygen atoms in total. The number of phosphoric ester groups is 1. The van der Waals surface area contributed by atoms with Crippen molar-refractivity contribution in [2.24, 2.45) is 0 Å². The first-order valence-corrected chi connectivity index (χ1v) is 20.0. The minimum atomic E-state index is -4.74. The van der Waals surface area contributed by atoms with Gasteiger partial charge in [-0.1, -0.05) is 148 Å². The van der Waals surface area contributed by atoms with Crippen LogP contribution in [-0.4, -0.2) is 41.0 Å². The number of carbonyl (C=O) groups is 2. The molecule has 0 spiro atoms. The van der Waals surface area contributed by atoms with Crippen molar-refractivity contribution in [3.05, 3.63) is 12.2 Å². The van der Waals surface area contributed by atoms with E-state index in [2.05, 4.69) is 30.5 Å². The second-order valence-corrected chi connectivity index (χ2v) is 13.8. The number of hydrogen-bond donors (Lipinski definition) is 2. The second kappa shape index (κ2) is 32.7. The molecule has 9 heteroatoms. The van der Waals surface area contributed by atoms with Crippen molar-refractivity contribution in [2.75, 3.05) is 13.2 Å². The van der Waals surface area contributed by atoms with Crippen molar-refractivity contribution in [1.29, 1.82) is 0 Å². The van der Waals surface area contributed by atoms with Gasteiger partial charge in [0.25, 0.3) is 0 Å². The van der Waals surface area contributed by atoms with Crippen LogP contribution in [0, 0.1) is 0 Å². The number of esters is 2. The average molecular weight is 661 g/mol. The van der Waals surface area contributed by atoms with Gasteiger partial charge in [-0.15, -0.1) is 0 Å². The maximum Gasteiger partial charge on any atom is 0.469 e. The van der Waals surface area contributed by atoms with E-state index in [1.165, 1.54) is 103 Å². The highest BCUT2D eigenvalue weighted by Crippen LogP contribution is 2.36. The predicted molar refractivity (Wildman–Crippen MR) is 184 cm³/mol. The van der Waals surface area contributed by atoms with E-state index in [-0.39, 0.29) is 19.4 Å². The lowest BCUT2D eigenvalue weighted by Gasteiger charge is -2.18. The molecular formula is C36H69O8P. The molecule has 0 aliphatic carbocycles. The standard InChI is InChI=1S/C36H69O8P/c1-3-5-7-9-11-13-15-16-17-18-19-20-21-23-24-26-28-30-35(37)42-32-34(33-43-45(39,40)41)44-36(38)31-29-27-25-22-14-12-10-8-6-4-2/h16-17,34H,3-15,18-33H2,1-2H3,(H2,39,40,41)/b17-16-/t34-/m1/s1. The first kappa shape index (κ1) is 43.8. The van der Waals surface area contributed by atoms with Crippen LogP contribution in [0.1, 0.15) is 187 Å². The summed E-state index contributed by atoms with van der Waals surface area (Å²) in [5.41, 5.74) is 0. The molecule has 0 aliphatic heterocycles. The zero-order valence-corrected chi connectivity index (χ0v) is 29.9. The molecule has 0 unspecified atom stereocenters. The molecule has 0 amide bonds. The number of allylic oxidation sites excluding steroid dienone is 2. The van der Waals surface area contributed by atoms with Gasteiger partial charge in [-0.2, -0.15) is 0 Å². The van der Waals surface area contributed by atoms with E-state index in [1.54, 1.807) is 0 Å². The van der Waals surface area contributed by atoms with Crippen LogP contribution in [0.15, 0.2) is 12.2 Å². The van der Waals surface area contributed by atoms with Gasteiger partial charge >= 0.3 is 19.8 Å². The molecular weight excluding hydrogens is 591 g/mol. The van der Waals surface area contributed by atoms with Crippen LogP contribution in [0.5, 0.6) is 0 Å². The van der Waals surface area contributed by atoms with Crippen LogP contribution in [0.25, 0.3) is 0 Å². The lowest BCUT2D eigenvalue weighted by Crippen LogP contribution is -2.29. The molecule has 0 aromatic heterocycles. The smallest absolute Gasteiger partial charge is 0.462 e. The first-order valence-electron chi connectivity index (χ1n) is 18.5. The fourth-order valence-corrected chi connectivity index (χ4v) is 5.61. The Hall–Kier alpha value is -1.21. The first-order chi connectivity index (χ1) is 21.8. The van der Waals surface area contributed by atoms with Crippen molar-refractivity contribution in [3.8, 4) is 0 Å². The van der Waals surface area contributed by atoms with Crippen LogP contribution >= 0.6 is 7.82 Å². The molecule has 0 bridgehead atoms. The SMILES string of the molecule is CCCCCCCC/C=C\CCCCCCCCCC(=O)OC[C@H](COP(=O)(O)O)OC(=O)CCCCCCCCCCCC. The van der Waals surface area contributed by atoms with E-state index < -0.39 is 32.5 Å². The lowest BCUT2D eigenvalue weighted by atomic mass is 10.1. The molecule has 0 saturated carbocycles. The molecule has 0 aliphatic rings. The van der Waals surface area contributed by atoms with E-state index in [0.29, 0.717) is 6.42 Å². The highest BCUT2D eigenvalue weighted by atomic mass is 31.2. The molecule has 45 heavy (non-hydrogen) atoms. The van der Waals surface area contributed by atoms with Crippen molar-refractivity contribution >= 4 is 19.8 Å².